The largest absolute Gasteiger partial charge is 0.315 e. The number of rotatable bonds is 1. The summed E-state index contributed by atoms with van der Waals surface area (Å²) >= 11 is 0. The van der Waals surface area contributed by atoms with Crippen LogP contribution in [0.2, 0.25) is 0 Å². The van der Waals surface area contributed by atoms with E-state index in [1.54, 1.807) is 0 Å². The van der Waals surface area contributed by atoms with E-state index >= 15 is 0 Å². The maximum atomic E-state index is 8.73. The van der Waals surface area contributed by atoms with Gasteiger partial charge in [0.25, 0.3) is 0 Å². The van der Waals surface area contributed by atoms with Crippen molar-refractivity contribution in [2.45, 2.75) is 12.5 Å². The Morgan fingerprint density at radius 3 is 2.75 bits per heavy atom. The molecule has 1 fully saturated rings. The first-order chi connectivity index (χ1) is 7.90. The van der Waals surface area contributed by atoms with Gasteiger partial charge in [0, 0.05) is 13.1 Å². The van der Waals surface area contributed by atoms with E-state index in [0.717, 1.165) is 26.1 Å². The first-order valence-corrected chi connectivity index (χ1v) is 5.59. The van der Waals surface area contributed by atoms with Gasteiger partial charge in [-0.2, -0.15) is 5.26 Å². The highest BCUT2D eigenvalue weighted by Crippen LogP contribution is 2.13. The predicted molar refractivity (Wildman–Crippen MR) is 62.5 cm³/mol. The van der Waals surface area contributed by atoms with Gasteiger partial charge in [0.2, 0.25) is 0 Å². The van der Waals surface area contributed by atoms with Gasteiger partial charge < -0.3 is 5.32 Å². The average molecular weight is 216 g/mol. The lowest BCUT2D eigenvalue weighted by molar-refractivity contribution is 0.384. The Hall–Kier alpha value is -1.41. The molecule has 1 heterocycles. The molecule has 84 valence electrons. The van der Waals surface area contributed by atoms with Crippen LogP contribution in [0.25, 0.3) is 0 Å². The number of hydrogen-bond donors (Lipinski definition) is 3. The summed E-state index contributed by atoms with van der Waals surface area (Å²) in [5.41, 5.74) is 8.39. The van der Waals surface area contributed by atoms with E-state index in [0.29, 0.717) is 5.56 Å². The molecule has 3 N–H and O–H groups in total. The molecule has 0 amide bonds. The van der Waals surface area contributed by atoms with Gasteiger partial charge in [0.1, 0.15) is 0 Å². The van der Waals surface area contributed by atoms with Crippen LogP contribution < -0.4 is 16.2 Å². The lowest BCUT2D eigenvalue weighted by Crippen LogP contribution is -2.44. The second kappa shape index (κ2) is 5.61. The van der Waals surface area contributed by atoms with Crippen molar-refractivity contribution >= 4 is 0 Å². The van der Waals surface area contributed by atoms with E-state index in [-0.39, 0.29) is 6.04 Å². The second-order valence-electron chi connectivity index (χ2n) is 3.92. The molecule has 0 bridgehead atoms. The van der Waals surface area contributed by atoms with Crippen molar-refractivity contribution < 1.29 is 0 Å². The Kier molecular flexibility index (Phi) is 3.89. The van der Waals surface area contributed by atoms with Gasteiger partial charge in [0.05, 0.1) is 17.7 Å². The Labute approximate surface area is 95.6 Å². The fraction of sp³-hybridized carbons (Fsp3) is 0.417. The predicted octanol–water partition coefficient (Wildman–Crippen LogP) is 0.687. The van der Waals surface area contributed by atoms with Gasteiger partial charge in [-0.25, -0.2) is 5.43 Å². The molecular weight excluding hydrogens is 200 g/mol. The van der Waals surface area contributed by atoms with Crippen LogP contribution in [-0.2, 0) is 0 Å². The molecule has 1 unspecified atom stereocenters. The van der Waals surface area contributed by atoms with Crippen LogP contribution in [0, 0.1) is 11.3 Å². The summed E-state index contributed by atoms with van der Waals surface area (Å²) in [5.74, 6) is 0. The number of nitrogens with one attached hydrogen (secondary N) is 3. The first-order valence-electron chi connectivity index (χ1n) is 5.59. The molecule has 1 aromatic rings. The van der Waals surface area contributed by atoms with Gasteiger partial charge in [-0.15, -0.1) is 0 Å². The molecule has 1 saturated heterocycles. The minimum atomic E-state index is 0.257. The molecule has 0 radical (unpaired) electrons. The van der Waals surface area contributed by atoms with Crippen molar-refractivity contribution in [2.24, 2.45) is 0 Å². The number of hydrazine groups is 1. The van der Waals surface area contributed by atoms with Crippen molar-refractivity contribution in [1.82, 2.24) is 16.2 Å². The molecule has 0 spiro atoms. The summed E-state index contributed by atoms with van der Waals surface area (Å²) in [6, 6.07) is 10.1. The molecule has 1 aliphatic rings. The number of benzene rings is 1. The number of nitrogens with zero attached hydrogens (tertiary/aromatic N) is 1. The van der Waals surface area contributed by atoms with Crippen molar-refractivity contribution in [1.29, 1.82) is 5.26 Å². The minimum absolute atomic E-state index is 0.257. The van der Waals surface area contributed by atoms with Crippen molar-refractivity contribution in [2.75, 3.05) is 19.6 Å². The topological polar surface area (TPSA) is 59.9 Å². The lowest BCUT2D eigenvalue weighted by Gasteiger charge is -2.23. The van der Waals surface area contributed by atoms with Crippen molar-refractivity contribution in [3.05, 3.63) is 35.4 Å². The monoisotopic (exact) mass is 216 g/mol. The van der Waals surface area contributed by atoms with Gasteiger partial charge in [-0.1, -0.05) is 12.1 Å². The highest BCUT2D eigenvalue weighted by molar-refractivity contribution is 5.32. The zero-order valence-corrected chi connectivity index (χ0v) is 9.16. The summed E-state index contributed by atoms with van der Waals surface area (Å²) in [4.78, 5) is 0. The molecule has 0 aliphatic carbocycles. The third-order valence-electron chi connectivity index (χ3n) is 2.72. The smallest absolute Gasteiger partial charge is 0.0991 e. The van der Waals surface area contributed by atoms with Crippen LogP contribution in [0.5, 0.6) is 0 Å². The molecule has 16 heavy (non-hydrogen) atoms. The van der Waals surface area contributed by atoms with E-state index in [2.05, 4.69) is 22.2 Å². The Bertz CT molecular complexity index is 358. The normalized spacial score (nSPS) is 21.8. The minimum Gasteiger partial charge on any atom is -0.315 e. The third kappa shape index (κ3) is 2.80. The molecule has 1 aliphatic heterocycles. The standard InChI is InChI=1S/C12H16N4/c13-8-10-2-4-11(5-3-10)12-9-14-6-1-7-15-16-12/h2-5,12,14-16H,1,6-7,9H2. The van der Waals surface area contributed by atoms with Crippen LogP contribution >= 0.6 is 0 Å². The molecule has 0 aromatic heterocycles. The van der Waals surface area contributed by atoms with E-state index < -0.39 is 0 Å². The average Bonchev–Trinajstić information content (AvgIpc) is 2.29. The first kappa shape index (κ1) is 11.1. The lowest BCUT2D eigenvalue weighted by atomic mass is 10.1. The third-order valence-corrected chi connectivity index (χ3v) is 2.72. The van der Waals surface area contributed by atoms with E-state index in [1.165, 1.54) is 5.56 Å². The molecule has 0 saturated carbocycles. The Morgan fingerprint density at radius 2 is 2.00 bits per heavy atom. The molecule has 4 nitrogen and oxygen atoms in total. The highest BCUT2D eigenvalue weighted by atomic mass is 15.4. The van der Waals surface area contributed by atoms with Crippen molar-refractivity contribution in [3.8, 4) is 6.07 Å². The highest BCUT2D eigenvalue weighted by Gasteiger charge is 2.11. The summed E-state index contributed by atoms with van der Waals surface area (Å²) in [6.45, 7) is 2.92. The van der Waals surface area contributed by atoms with Crippen LogP contribution in [0.15, 0.2) is 24.3 Å². The number of nitriles is 1. The summed E-state index contributed by atoms with van der Waals surface area (Å²) in [5, 5.41) is 12.1. The Balaban J connectivity index is 2.06. The number of hydrogen-bond acceptors (Lipinski definition) is 4. The zero-order chi connectivity index (χ0) is 11.2. The van der Waals surface area contributed by atoms with Crippen LogP contribution in [0.3, 0.4) is 0 Å². The fourth-order valence-electron chi connectivity index (χ4n) is 1.79. The van der Waals surface area contributed by atoms with Gasteiger partial charge in [-0.05, 0) is 30.7 Å². The molecule has 2 rings (SSSR count). The van der Waals surface area contributed by atoms with Gasteiger partial charge in [-0.3, -0.25) is 5.43 Å². The SMILES string of the molecule is N#Cc1ccc(C2CNCCCNN2)cc1. The van der Waals surface area contributed by atoms with Crippen LogP contribution in [0.1, 0.15) is 23.6 Å². The van der Waals surface area contributed by atoms with Crippen LogP contribution in [-0.4, -0.2) is 19.6 Å². The Morgan fingerprint density at radius 1 is 1.19 bits per heavy atom. The van der Waals surface area contributed by atoms with E-state index in [9.17, 15) is 0 Å². The van der Waals surface area contributed by atoms with E-state index in [1.807, 2.05) is 24.3 Å². The molecular formula is C12H16N4. The quantitative estimate of drug-likeness (QED) is 0.646. The summed E-state index contributed by atoms with van der Waals surface area (Å²) in [6.07, 6.45) is 1.13. The van der Waals surface area contributed by atoms with Crippen molar-refractivity contribution in [3.63, 3.8) is 0 Å². The molecule has 1 atom stereocenters. The maximum Gasteiger partial charge on any atom is 0.0991 e. The molecule has 1 aromatic carbocycles. The van der Waals surface area contributed by atoms with E-state index in [4.69, 9.17) is 5.26 Å². The molecule has 4 heteroatoms. The zero-order valence-electron chi connectivity index (χ0n) is 9.16. The van der Waals surface area contributed by atoms with Gasteiger partial charge >= 0.3 is 0 Å². The summed E-state index contributed by atoms with van der Waals surface area (Å²) < 4.78 is 0. The summed E-state index contributed by atoms with van der Waals surface area (Å²) in [7, 11) is 0. The van der Waals surface area contributed by atoms with Crippen LogP contribution in [0.4, 0.5) is 0 Å². The maximum absolute atomic E-state index is 8.73. The second-order valence-corrected chi connectivity index (χ2v) is 3.92. The van der Waals surface area contributed by atoms with Gasteiger partial charge in [0.15, 0.2) is 0 Å². The fourth-order valence-corrected chi connectivity index (χ4v) is 1.79.